The predicted octanol–water partition coefficient (Wildman–Crippen LogP) is 5.37. The number of aryl methyl sites for hydroxylation is 2. The van der Waals surface area contributed by atoms with E-state index in [-0.39, 0.29) is 18.2 Å². The first kappa shape index (κ1) is 26.8. The van der Waals surface area contributed by atoms with Gasteiger partial charge in [-0.25, -0.2) is 20.2 Å². The number of carbonyl (C=O) groups excluding carboxylic acids is 1. The lowest BCUT2D eigenvalue weighted by atomic mass is 10.0. The molecule has 2 aromatic heterocycles. The van der Waals surface area contributed by atoms with Gasteiger partial charge in [-0.05, 0) is 82.3 Å². The second-order valence-corrected chi connectivity index (χ2v) is 11.8. The van der Waals surface area contributed by atoms with Crippen molar-refractivity contribution in [2.24, 2.45) is 0 Å². The Hall–Kier alpha value is -4.38. The number of fused-ring (bicyclic) bond motifs is 2. The van der Waals surface area contributed by atoms with Crippen molar-refractivity contribution in [2.45, 2.75) is 65.1 Å². The molecule has 0 aliphatic carbocycles. The van der Waals surface area contributed by atoms with Gasteiger partial charge in [-0.2, -0.15) is 4.98 Å². The number of nitrogens with zero attached hydrogens (tertiary/aromatic N) is 5. The van der Waals surface area contributed by atoms with Gasteiger partial charge in [0.1, 0.15) is 23.3 Å². The van der Waals surface area contributed by atoms with Crippen LogP contribution in [0.15, 0.2) is 47.1 Å². The second-order valence-electron chi connectivity index (χ2n) is 11.8. The zero-order valence-corrected chi connectivity index (χ0v) is 24.1. The van der Waals surface area contributed by atoms with Crippen LogP contribution < -0.4 is 21.5 Å². The third kappa shape index (κ3) is 5.37. The summed E-state index contributed by atoms with van der Waals surface area (Å²) in [6.07, 6.45) is 2.77. The highest BCUT2D eigenvalue weighted by Gasteiger charge is 2.39. The van der Waals surface area contributed by atoms with Crippen LogP contribution in [-0.2, 0) is 4.74 Å². The summed E-state index contributed by atoms with van der Waals surface area (Å²) in [7, 11) is 0. The van der Waals surface area contributed by atoms with E-state index in [1.54, 1.807) is 4.90 Å². The third-order valence-corrected chi connectivity index (χ3v) is 7.48. The zero-order valence-electron chi connectivity index (χ0n) is 24.1. The van der Waals surface area contributed by atoms with Crippen LogP contribution in [0.4, 0.5) is 28.1 Å². The molecule has 11 heteroatoms. The van der Waals surface area contributed by atoms with E-state index in [1.807, 2.05) is 65.0 Å². The molecule has 41 heavy (non-hydrogen) atoms. The highest BCUT2D eigenvalue weighted by Crippen LogP contribution is 2.40. The number of carbonyl (C=O) groups is 1. The van der Waals surface area contributed by atoms with Crippen molar-refractivity contribution in [1.82, 2.24) is 25.3 Å². The zero-order chi connectivity index (χ0) is 28.9. The van der Waals surface area contributed by atoms with Gasteiger partial charge in [0, 0.05) is 18.8 Å². The average Bonchev–Trinajstić information content (AvgIpc) is 3.51. The topological polar surface area (TPSA) is 135 Å². The molecule has 1 saturated heterocycles. The molecular formula is C30H36N8O3. The first-order valence-corrected chi connectivity index (χ1v) is 13.9. The molecule has 2 aliphatic rings. The third-order valence-electron chi connectivity index (χ3n) is 7.48. The number of nitrogen functional groups attached to an aromatic ring is 1. The van der Waals surface area contributed by atoms with Gasteiger partial charge in [-0.3, -0.25) is 5.01 Å². The summed E-state index contributed by atoms with van der Waals surface area (Å²) in [6.45, 7) is 10.9. The molecule has 1 atom stereocenters. The smallest absolute Gasteiger partial charge is 0.410 e. The summed E-state index contributed by atoms with van der Waals surface area (Å²) < 4.78 is 11.5. The van der Waals surface area contributed by atoms with Crippen molar-refractivity contribution in [3.05, 3.63) is 65.0 Å². The Morgan fingerprint density at radius 2 is 1.85 bits per heavy atom. The fourth-order valence-corrected chi connectivity index (χ4v) is 5.60. The van der Waals surface area contributed by atoms with E-state index in [4.69, 9.17) is 14.9 Å². The van der Waals surface area contributed by atoms with Crippen LogP contribution in [-0.4, -0.2) is 50.7 Å². The number of benzene rings is 2. The van der Waals surface area contributed by atoms with Crippen molar-refractivity contribution in [2.75, 3.05) is 29.1 Å². The molecule has 4 N–H and O–H groups in total. The first-order valence-electron chi connectivity index (χ1n) is 13.9. The summed E-state index contributed by atoms with van der Waals surface area (Å²) in [4.78, 5) is 27.8. The Morgan fingerprint density at radius 1 is 1.12 bits per heavy atom. The Labute approximate surface area is 239 Å². The number of piperidine rings is 1. The number of likely N-dealkylation sites (tertiary alicyclic amines) is 1. The molecule has 4 aromatic rings. The number of aromatic nitrogens is 3. The van der Waals surface area contributed by atoms with E-state index in [2.05, 4.69) is 36.8 Å². The number of ether oxygens (including phenoxy) is 1. The van der Waals surface area contributed by atoms with Crippen LogP contribution in [0.1, 0.15) is 61.9 Å². The monoisotopic (exact) mass is 556 g/mol. The Kier molecular flexibility index (Phi) is 6.69. The molecule has 6 rings (SSSR count). The molecule has 2 aromatic carbocycles. The summed E-state index contributed by atoms with van der Waals surface area (Å²) in [6, 6.07) is 12.6. The van der Waals surface area contributed by atoms with Crippen LogP contribution in [0.3, 0.4) is 0 Å². The van der Waals surface area contributed by atoms with Gasteiger partial charge in [-0.1, -0.05) is 18.2 Å². The van der Waals surface area contributed by atoms with E-state index < -0.39 is 5.60 Å². The number of hydrazine groups is 1. The van der Waals surface area contributed by atoms with E-state index in [0.717, 1.165) is 57.7 Å². The highest BCUT2D eigenvalue weighted by molar-refractivity contribution is 5.79. The van der Waals surface area contributed by atoms with Crippen molar-refractivity contribution in [3.63, 3.8) is 0 Å². The summed E-state index contributed by atoms with van der Waals surface area (Å²) in [5.41, 5.74) is 16.1. The van der Waals surface area contributed by atoms with Crippen LogP contribution in [0, 0.1) is 13.8 Å². The SMILES string of the molecule is Cc1cc(C)c2oc(Nc3ccc(C4NN(C5CCN(C(=O)OC(C)(C)C)CC5)c5ncnc(N)c54)cc3)nc2c1. The van der Waals surface area contributed by atoms with Crippen molar-refractivity contribution in [1.29, 1.82) is 0 Å². The Bertz CT molecular complexity index is 1590. The average molecular weight is 557 g/mol. The van der Waals surface area contributed by atoms with Crippen LogP contribution in [0.25, 0.3) is 11.1 Å². The van der Waals surface area contributed by atoms with Crippen molar-refractivity contribution in [3.8, 4) is 0 Å². The molecular weight excluding hydrogens is 520 g/mol. The first-order chi connectivity index (χ1) is 19.6. The second kappa shape index (κ2) is 10.2. The molecule has 1 fully saturated rings. The van der Waals surface area contributed by atoms with Gasteiger partial charge in [-0.15, -0.1) is 0 Å². The molecule has 1 amide bonds. The normalized spacial score (nSPS) is 17.6. The Balaban J connectivity index is 1.18. The minimum absolute atomic E-state index is 0.138. The number of anilines is 4. The lowest BCUT2D eigenvalue weighted by Crippen LogP contribution is -2.51. The van der Waals surface area contributed by atoms with E-state index in [9.17, 15) is 4.79 Å². The molecule has 2 aliphatic heterocycles. The van der Waals surface area contributed by atoms with Crippen LogP contribution in [0.5, 0.6) is 0 Å². The lowest BCUT2D eigenvalue weighted by molar-refractivity contribution is 0.0202. The van der Waals surface area contributed by atoms with Gasteiger partial charge in [0.25, 0.3) is 6.01 Å². The van der Waals surface area contributed by atoms with Gasteiger partial charge in [0.2, 0.25) is 0 Å². The van der Waals surface area contributed by atoms with E-state index in [0.29, 0.717) is 24.9 Å². The molecule has 0 radical (unpaired) electrons. The van der Waals surface area contributed by atoms with Crippen LogP contribution >= 0.6 is 0 Å². The molecule has 0 saturated carbocycles. The molecule has 0 bridgehead atoms. The number of nitrogens with one attached hydrogen (secondary N) is 2. The number of hydrogen-bond donors (Lipinski definition) is 3. The minimum Gasteiger partial charge on any atom is -0.444 e. The summed E-state index contributed by atoms with van der Waals surface area (Å²) >= 11 is 0. The molecule has 0 spiro atoms. The van der Waals surface area contributed by atoms with E-state index >= 15 is 0 Å². The quantitative estimate of drug-likeness (QED) is 0.301. The maximum atomic E-state index is 12.6. The van der Waals surface area contributed by atoms with Crippen molar-refractivity contribution >= 4 is 40.5 Å². The highest BCUT2D eigenvalue weighted by atomic mass is 16.6. The van der Waals surface area contributed by atoms with E-state index in [1.165, 1.54) is 6.33 Å². The van der Waals surface area contributed by atoms with Crippen molar-refractivity contribution < 1.29 is 13.9 Å². The summed E-state index contributed by atoms with van der Waals surface area (Å²) in [5, 5.41) is 5.37. The minimum atomic E-state index is -0.517. The molecule has 214 valence electrons. The van der Waals surface area contributed by atoms with Gasteiger partial charge < -0.3 is 25.1 Å². The van der Waals surface area contributed by atoms with Gasteiger partial charge >= 0.3 is 6.09 Å². The van der Waals surface area contributed by atoms with Gasteiger partial charge in [0.15, 0.2) is 11.4 Å². The fraction of sp³-hybridized carbons (Fsp3) is 0.400. The maximum absolute atomic E-state index is 12.6. The molecule has 11 nitrogen and oxygen atoms in total. The van der Waals surface area contributed by atoms with Crippen LogP contribution in [0.2, 0.25) is 0 Å². The standard InChI is InChI=1S/C30H36N8O3/c1-17-14-18(2)25-22(15-17)35-28(40-25)34-20-8-6-19(7-9-20)24-23-26(31)32-16-33-27(23)38(36-24)21-10-12-37(13-11-21)29(39)41-30(3,4)5/h6-9,14-16,21,24,36H,10-13H2,1-5H3,(H,34,35)(H2,31,32,33). The predicted molar refractivity (Wildman–Crippen MR) is 158 cm³/mol. The lowest BCUT2D eigenvalue weighted by Gasteiger charge is -2.37. The largest absolute Gasteiger partial charge is 0.444 e. The molecule has 4 heterocycles. The number of oxazole rings is 1. The number of rotatable bonds is 4. The number of hydrogen-bond acceptors (Lipinski definition) is 10. The fourth-order valence-electron chi connectivity index (χ4n) is 5.60. The number of amides is 1. The summed E-state index contributed by atoms with van der Waals surface area (Å²) in [5.74, 6) is 1.22. The maximum Gasteiger partial charge on any atom is 0.410 e. The molecule has 1 unspecified atom stereocenters. The van der Waals surface area contributed by atoms with Gasteiger partial charge in [0.05, 0.1) is 17.6 Å². The Morgan fingerprint density at radius 3 is 2.56 bits per heavy atom. The number of nitrogens with two attached hydrogens (primary N) is 1.